The molecule has 8 heteroatoms. The zero-order valence-electron chi connectivity index (χ0n) is 13.2. The van der Waals surface area contributed by atoms with Crippen molar-refractivity contribution < 1.29 is 4.79 Å². The summed E-state index contributed by atoms with van der Waals surface area (Å²) in [7, 11) is 0. The number of carbonyl (C=O) groups is 1. The molecular weight excluding hydrogens is 342 g/mol. The molecular formula is C16H19N5OS2. The van der Waals surface area contributed by atoms with E-state index in [0.717, 1.165) is 40.1 Å². The number of benzene rings is 1. The summed E-state index contributed by atoms with van der Waals surface area (Å²) in [5.41, 5.74) is 3.68. The lowest BCUT2D eigenvalue weighted by molar-refractivity contribution is 0.224. The maximum Gasteiger partial charge on any atom is 0.321 e. The van der Waals surface area contributed by atoms with Crippen LogP contribution in [0.2, 0.25) is 0 Å². The van der Waals surface area contributed by atoms with Crippen molar-refractivity contribution in [3.05, 3.63) is 17.6 Å². The first-order chi connectivity index (χ1) is 11.8. The minimum absolute atomic E-state index is 0.194. The molecule has 0 saturated carbocycles. The van der Waals surface area contributed by atoms with E-state index < -0.39 is 0 Å². The molecule has 1 aliphatic rings. The topological polar surface area (TPSA) is 70.2 Å². The van der Waals surface area contributed by atoms with Gasteiger partial charge in [-0.15, -0.1) is 11.3 Å². The number of piperidine rings is 1. The highest BCUT2D eigenvalue weighted by Crippen LogP contribution is 2.33. The van der Waals surface area contributed by atoms with Crippen molar-refractivity contribution in [3.63, 3.8) is 0 Å². The van der Waals surface area contributed by atoms with Gasteiger partial charge in [0.05, 0.1) is 20.4 Å². The highest BCUT2D eigenvalue weighted by atomic mass is 32.1. The number of nitrogens with one attached hydrogen (secondary N) is 2. The first-order valence-corrected chi connectivity index (χ1v) is 9.89. The fourth-order valence-corrected chi connectivity index (χ4v) is 4.73. The number of rotatable bonds is 4. The van der Waals surface area contributed by atoms with E-state index in [2.05, 4.69) is 25.5 Å². The monoisotopic (exact) mass is 361 g/mol. The van der Waals surface area contributed by atoms with E-state index in [0.29, 0.717) is 11.7 Å². The lowest BCUT2D eigenvalue weighted by Crippen LogP contribution is -2.39. The zero-order chi connectivity index (χ0) is 16.4. The SMILES string of the molecule is O=C(NCCN1CCCCC1)Nc1nc2ccc3scnc3c2s1. The second kappa shape index (κ2) is 7.00. The Balaban J connectivity index is 1.36. The molecule has 0 unspecified atom stereocenters. The Kier molecular flexibility index (Phi) is 4.59. The van der Waals surface area contributed by atoms with Crippen LogP contribution >= 0.6 is 22.7 Å². The Bertz CT molecular complexity index is 853. The Morgan fingerprint density at radius 2 is 2.12 bits per heavy atom. The third-order valence-electron chi connectivity index (χ3n) is 4.24. The maximum atomic E-state index is 12.1. The Hall–Kier alpha value is -1.77. The number of fused-ring (bicyclic) bond motifs is 3. The average molecular weight is 361 g/mol. The maximum absolute atomic E-state index is 12.1. The molecule has 6 nitrogen and oxygen atoms in total. The van der Waals surface area contributed by atoms with Crippen LogP contribution in [0.25, 0.3) is 20.4 Å². The minimum atomic E-state index is -0.194. The summed E-state index contributed by atoms with van der Waals surface area (Å²) in [5.74, 6) is 0. The van der Waals surface area contributed by atoms with E-state index in [1.807, 2.05) is 17.6 Å². The van der Waals surface area contributed by atoms with Crippen molar-refractivity contribution in [2.75, 3.05) is 31.5 Å². The molecule has 0 aliphatic carbocycles. The molecule has 0 atom stereocenters. The highest BCUT2D eigenvalue weighted by Gasteiger charge is 2.12. The lowest BCUT2D eigenvalue weighted by Gasteiger charge is -2.26. The fourth-order valence-electron chi connectivity index (χ4n) is 3.02. The van der Waals surface area contributed by atoms with Crippen molar-refractivity contribution in [2.24, 2.45) is 0 Å². The van der Waals surface area contributed by atoms with Gasteiger partial charge in [0.15, 0.2) is 5.13 Å². The van der Waals surface area contributed by atoms with Crippen LogP contribution in [-0.2, 0) is 0 Å². The lowest BCUT2D eigenvalue weighted by atomic mass is 10.1. The number of likely N-dealkylation sites (tertiary alicyclic amines) is 1. The van der Waals surface area contributed by atoms with Gasteiger partial charge in [0, 0.05) is 13.1 Å². The zero-order valence-corrected chi connectivity index (χ0v) is 14.9. The summed E-state index contributed by atoms with van der Waals surface area (Å²) in [6, 6.07) is 3.81. The molecule has 0 bridgehead atoms. The summed E-state index contributed by atoms with van der Waals surface area (Å²) in [6.45, 7) is 3.86. The van der Waals surface area contributed by atoms with Crippen LogP contribution in [0, 0.1) is 0 Å². The van der Waals surface area contributed by atoms with Gasteiger partial charge in [-0.05, 0) is 38.1 Å². The molecule has 2 aromatic heterocycles. The molecule has 3 aromatic rings. The van der Waals surface area contributed by atoms with Crippen LogP contribution in [0.15, 0.2) is 17.6 Å². The van der Waals surface area contributed by atoms with Crippen LogP contribution in [0.3, 0.4) is 0 Å². The molecule has 4 rings (SSSR count). The van der Waals surface area contributed by atoms with Gasteiger partial charge < -0.3 is 10.2 Å². The van der Waals surface area contributed by atoms with Crippen molar-refractivity contribution in [1.29, 1.82) is 0 Å². The fraction of sp³-hybridized carbons (Fsp3) is 0.438. The standard InChI is InChI=1S/C16H19N5OS2/c22-15(17-6-9-21-7-2-1-3-8-21)20-16-19-11-4-5-12-13(14(11)24-16)18-10-23-12/h4-5,10H,1-3,6-9H2,(H2,17,19,20,22). The largest absolute Gasteiger partial charge is 0.337 e. The van der Waals surface area contributed by atoms with Gasteiger partial charge in [-0.1, -0.05) is 17.8 Å². The van der Waals surface area contributed by atoms with E-state index in [4.69, 9.17) is 0 Å². The molecule has 0 radical (unpaired) electrons. The van der Waals surface area contributed by atoms with Crippen molar-refractivity contribution >= 4 is 54.3 Å². The van der Waals surface area contributed by atoms with Crippen molar-refractivity contribution in [3.8, 4) is 0 Å². The molecule has 1 saturated heterocycles. The molecule has 0 spiro atoms. The van der Waals surface area contributed by atoms with Gasteiger partial charge in [-0.25, -0.2) is 14.8 Å². The number of urea groups is 1. The summed E-state index contributed by atoms with van der Waals surface area (Å²) in [4.78, 5) is 23.3. The third-order valence-corrected chi connectivity index (χ3v) is 6.03. The van der Waals surface area contributed by atoms with Crippen molar-refractivity contribution in [1.82, 2.24) is 20.2 Å². The number of anilines is 1. The Morgan fingerprint density at radius 1 is 1.25 bits per heavy atom. The summed E-state index contributed by atoms with van der Waals surface area (Å²) in [6.07, 6.45) is 3.86. The van der Waals surface area contributed by atoms with Gasteiger partial charge in [0.1, 0.15) is 5.52 Å². The predicted molar refractivity (Wildman–Crippen MR) is 100 cm³/mol. The molecule has 2 N–H and O–H groups in total. The van der Waals surface area contributed by atoms with E-state index in [1.54, 1.807) is 11.3 Å². The summed E-state index contributed by atoms with van der Waals surface area (Å²) in [5, 5.41) is 6.37. The van der Waals surface area contributed by atoms with E-state index in [-0.39, 0.29) is 6.03 Å². The number of nitrogens with zero attached hydrogens (tertiary/aromatic N) is 3. The first kappa shape index (κ1) is 15.7. The van der Waals surface area contributed by atoms with Crippen LogP contribution in [0.4, 0.5) is 9.93 Å². The normalized spacial score (nSPS) is 15.8. The van der Waals surface area contributed by atoms with Gasteiger partial charge in [-0.2, -0.15) is 0 Å². The second-order valence-electron chi connectivity index (χ2n) is 5.92. The number of hydrogen-bond acceptors (Lipinski definition) is 6. The number of thiazole rings is 2. The first-order valence-electron chi connectivity index (χ1n) is 8.19. The predicted octanol–water partition coefficient (Wildman–Crippen LogP) is 3.51. The van der Waals surface area contributed by atoms with Crippen LogP contribution < -0.4 is 10.6 Å². The molecule has 3 heterocycles. The summed E-state index contributed by atoms with van der Waals surface area (Å²) >= 11 is 3.09. The van der Waals surface area contributed by atoms with Crippen LogP contribution in [-0.4, -0.2) is 47.1 Å². The van der Waals surface area contributed by atoms with Crippen LogP contribution in [0.5, 0.6) is 0 Å². The molecule has 1 aliphatic heterocycles. The van der Waals surface area contributed by atoms with Gasteiger partial charge in [0.2, 0.25) is 0 Å². The average Bonchev–Trinajstić information content (AvgIpc) is 3.21. The number of carbonyl (C=O) groups excluding carboxylic acids is 1. The second-order valence-corrected chi connectivity index (χ2v) is 7.80. The van der Waals surface area contributed by atoms with Gasteiger partial charge in [0.25, 0.3) is 0 Å². The van der Waals surface area contributed by atoms with Crippen molar-refractivity contribution in [2.45, 2.75) is 19.3 Å². The number of hydrogen-bond donors (Lipinski definition) is 2. The van der Waals surface area contributed by atoms with Gasteiger partial charge >= 0.3 is 6.03 Å². The molecule has 126 valence electrons. The Morgan fingerprint density at radius 3 is 3.00 bits per heavy atom. The smallest absolute Gasteiger partial charge is 0.321 e. The van der Waals surface area contributed by atoms with E-state index >= 15 is 0 Å². The van der Waals surface area contributed by atoms with E-state index in [1.165, 1.54) is 30.6 Å². The van der Waals surface area contributed by atoms with E-state index in [9.17, 15) is 4.79 Å². The molecule has 2 amide bonds. The summed E-state index contributed by atoms with van der Waals surface area (Å²) < 4.78 is 2.17. The molecule has 1 aromatic carbocycles. The number of amides is 2. The Labute approximate surface area is 147 Å². The third kappa shape index (κ3) is 3.35. The van der Waals surface area contributed by atoms with Gasteiger partial charge in [-0.3, -0.25) is 5.32 Å². The molecule has 1 fully saturated rings. The number of aromatic nitrogens is 2. The quantitative estimate of drug-likeness (QED) is 0.746. The minimum Gasteiger partial charge on any atom is -0.337 e. The highest BCUT2D eigenvalue weighted by molar-refractivity contribution is 7.24. The molecule has 24 heavy (non-hydrogen) atoms. The van der Waals surface area contributed by atoms with Crippen LogP contribution in [0.1, 0.15) is 19.3 Å².